The molecule has 106 valence electrons. The van der Waals surface area contributed by atoms with Crippen molar-refractivity contribution in [3.8, 4) is 17.6 Å². The molecule has 0 heterocycles. The summed E-state index contributed by atoms with van der Waals surface area (Å²) in [6.45, 7) is 3.88. The van der Waals surface area contributed by atoms with E-state index in [1.54, 1.807) is 12.1 Å². The SMILES string of the molecule is CC(C)(C#Cc1ccccc1)CC(=O)Oc1ccccc1. The molecule has 0 aliphatic carbocycles. The zero-order valence-electron chi connectivity index (χ0n) is 12.3. The van der Waals surface area contributed by atoms with Gasteiger partial charge in [0.1, 0.15) is 5.75 Å². The number of hydrogen-bond acceptors (Lipinski definition) is 2. The van der Waals surface area contributed by atoms with Gasteiger partial charge < -0.3 is 4.74 Å². The molecule has 0 bridgehead atoms. The lowest BCUT2D eigenvalue weighted by Gasteiger charge is -2.16. The highest BCUT2D eigenvalue weighted by molar-refractivity contribution is 5.73. The van der Waals surface area contributed by atoms with E-state index in [-0.39, 0.29) is 12.4 Å². The lowest BCUT2D eigenvalue weighted by Crippen LogP contribution is -2.19. The quantitative estimate of drug-likeness (QED) is 0.481. The third kappa shape index (κ3) is 5.16. The summed E-state index contributed by atoms with van der Waals surface area (Å²) in [4.78, 5) is 11.9. The van der Waals surface area contributed by atoms with E-state index in [1.807, 2.05) is 62.4 Å². The van der Waals surface area contributed by atoms with Gasteiger partial charge in [0.15, 0.2) is 0 Å². The molecule has 0 aromatic heterocycles. The largest absolute Gasteiger partial charge is 0.426 e. The molecule has 0 N–H and O–H groups in total. The Balaban J connectivity index is 1.98. The predicted octanol–water partition coefficient (Wildman–Crippen LogP) is 4.06. The van der Waals surface area contributed by atoms with Crippen LogP contribution in [0.1, 0.15) is 25.8 Å². The summed E-state index contributed by atoms with van der Waals surface area (Å²) in [6, 6.07) is 18.8. The van der Waals surface area contributed by atoms with Crippen molar-refractivity contribution in [1.29, 1.82) is 0 Å². The monoisotopic (exact) mass is 278 g/mol. The number of benzene rings is 2. The van der Waals surface area contributed by atoms with E-state index in [2.05, 4.69) is 11.8 Å². The fraction of sp³-hybridized carbons (Fsp3) is 0.211. The molecule has 0 aliphatic heterocycles. The zero-order valence-corrected chi connectivity index (χ0v) is 12.3. The Hall–Kier alpha value is -2.53. The Labute approximate surface area is 125 Å². The number of esters is 1. The van der Waals surface area contributed by atoms with Gasteiger partial charge in [-0.05, 0) is 38.1 Å². The second-order valence-corrected chi connectivity index (χ2v) is 5.46. The average molecular weight is 278 g/mol. The zero-order chi connectivity index (χ0) is 15.1. The third-order valence-corrected chi connectivity index (χ3v) is 2.88. The molecule has 2 rings (SSSR count). The minimum Gasteiger partial charge on any atom is -0.426 e. The van der Waals surface area contributed by atoms with Crippen LogP contribution in [0, 0.1) is 17.3 Å². The molecular weight excluding hydrogens is 260 g/mol. The number of rotatable bonds is 3. The van der Waals surface area contributed by atoms with Gasteiger partial charge in [-0.3, -0.25) is 4.79 Å². The number of carbonyl (C=O) groups is 1. The molecule has 2 nitrogen and oxygen atoms in total. The summed E-state index contributed by atoms with van der Waals surface area (Å²) in [5.74, 6) is 6.53. The Kier molecular flexibility index (Phi) is 4.79. The standard InChI is InChI=1S/C19H18O2/c1-19(2,14-13-16-9-5-3-6-10-16)15-18(20)21-17-11-7-4-8-12-17/h3-12H,15H2,1-2H3. The number of para-hydroxylation sites is 1. The molecule has 0 saturated heterocycles. The molecule has 2 heteroatoms. The smallest absolute Gasteiger partial charge is 0.312 e. The van der Waals surface area contributed by atoms with Crippen LogP contribution in [0.2, 0.25) is 0 Å². The van der Waals surface area contributed by atoms with Crippen LogP contribution in [0.5, 0.6) is 5.75 Å². The van der Waals surface area contributed by atoms with E-state index < -0.39 is 5.41 Å². The average Bonchev–Trinajstić information content (AvgIpc) is 2.47. The predicted molar refractivity (Wildman–Crippen MR) is 83.8 cm³/mol. The molecule has 0 unspecified atom stereocenters. The lowest BCUT2D eigenvalue weighted by molar-refractivity contribution is -0.135. The van der Waals surface area contributed by atoms with E-state index >= 15 is 0 Å². The molecule has 0 saturated carbocycles. The summed E-state index contributed by atoms with van der Waals surface area (Å²) in [6.07, 6.45) is 0.252. The highest BCUT2D eigenvalue weighted by Crippen LogP contribution is 2.21. The van der Waals surface area contributed by atoms with Crippen molar-refractivity contribution >= 4 is 5.97 Å². The first-order valence-electron chi connectivity index (χ1n) is 6.89. The van der Waals surface area contributed by atoms with E-state index in [4.69, 9.17) is 4.74 Å². The summed E-state index contributed by atoms with van der Waals surface area (Å²) < 4.78 is 5.30. The van der Waals surface area contributed by atoms with Gasteiger partial charge >= 0.3 is 5.97 Å². The Morgan fingerprint density at radius 3 is 2.19 bits per heavy atom. The fourth-order valence-corrected chi connectivity index (χ4v) is 1.82. The van der Waals surface area contributed by atoms with Gasteiger partial charge in [0.2, 0.25) is 0 Å². The third-order valence-electron chi connectivity index (χ3n) is 2.88. The van der Waals surface area contributed by atoms with Crippen molar-refractivity contribution in [3.05, 3.63) is 66.2 Å². The molecular formula is C19H18O2. The van der Waals surface area contributed by atoms with Crippen LogP contribution in [0.3, 0.4) is 0 Å². The van der Waals surface area contributed by atoms with Gasteiger partial charge in [-0.2, -0.15) is 0 Å². The fourth-order valence-electron chi connectivity index (χ4n) is 1.82. The van der Waals surface area contributed by atoms with E-state index in [1.165, 1.54) is 0 Å². The van der Waals surface area contributed by atoms with E-state index in [9.17, 15) is 4.79 Å². The van der Waals surface area contributed by atoms with Crippen molar-refractivity contribution in [2.75, 3.05) is 0 Å². The van der Waals surface area contributed by atoms with Crippen molar-refractivity contribution in [3.63, 3.8) is 0 Å². The highest BCUT2D eigenvalue weighted by atomic mass is 16.5. The van der Waals surface area contributed by atoms with E-state index in [0.717, 1.165) is 5.56 Å². The van der Waals surface area contributed by atoms with Crippen molar-refractivity contribution in [2.45, 2.75) is 20.3 Å². The van der Waals surface area contributed by atoms with Gasteiger partial charge in [-0.1, -0.05) is 48.2 Å². The molecule has 2 aromatic carbocycles. The number of ether oxygens (including phenoxy) is 1. The minimum atomic E-state index is -0.429. The van der Waals surface area contributed by atoms with Gasteiger partial charge in [0.05, 0.1) is 6.42 Å². The summed E-state index contributed by atoms with van der Waals surface area (Å²) in [7, 11) is 0. The first kappa shape index (κ1) is 14.9. The maximum atomic E-state index is 11.9. The second kappa shape index (κ2) is 6.76. The molecule has 21 heavy (non-hydrogen) atoms. The van der Waals surface area contributed by atoms with Crippen LogP contribution in [0.25, 0.3) is 0 Å². The highest BCUT2D eigenvalue weighted by Gasteiger charge is 2.21. The molecule has 0 amide bonds. The lowest BCUT2D eigenvalue weighted by atomic mass is 9.90. The van der Waals surface area contributed by atoms with Gasteiger partial charge in [0, 0.05) is 11.0 Å². The van der Waals surface area contributed by atoms with Crippen molar-refractivity contribution in [2.24, 2.45) is 5.41 Å². The topological polar surface area (TPSA) is 26.3 Å². The maximum Gasteiger partial charge on any atom is 0.312 e. The normalized spacial score (nSPS) is 10.4. The van der Waals surface area contributed by atoms with Gasteiger partial charge in [0.25, 0.3) is 0 Å². The Bertz CT molecular complexity index is 646. The van der Waals surface area contributed by atoms with Crippen LogP contribution in [0.15, 0.2) is 60.7 Å². The molecule has 2 aromatic rings. The van der Waals surface area contributed by atoms with Crippen LogP contribution < -0.4 is 4.74 Å². The van der Waals surface area contributed by atoms with Gasteiger partial charge in [-0.25, -0.2) is 0 Å². The number of hydrogen-bond donors (Lipinski definition) is 0. The van der Waals surface area contributed by atoms with Crippen LogP contribution >= 0.6 is 0 Å². The molecule has 0 fully saturated rings. The maximum absolute atomic E-state index is 11.9. The van der Waals surface area contributed by atoms with Crippen LogP contribution in [-0.4, -0.2) is 5.97 Å². The molecule has 0 atom stereocenters. The second-order valence-electron chi connectivity index (χ2n) is 5.46. The summed E-state index contributed by atoms with van der Waals surface area (Å²) in [5, 5.41) is 0. The van der Waals surface area contributed by atoms with Crippen LogP contribution in [0.4, 0.5) is 0 Å². The first-order chi connectivity index (χ1) is 10.1. The van der Waals surface area contributed by atoms with Crippen molar-refractivity contribution in [1.82, 2.24) is 0 Å². The first-order valence-corrected chi connectivity index (χ1v) is 6.89. The Morgan fingerprint density at radius 2 is 1.57 bits per heavy atom. The van der Waals surface area contributed by atoms with Gasteiger partial charge in [-0.15, -0.1) is 0 Å². The van der Waals surface area contributed by atoms with E-state index in [0.29, 0.717) is 5.75 Å². The number of carbonyl (C=O) groups excluding carboxylic acids is 1. The summed E-state index contributed by atoms with van der Waals surface area (Å²) >= 11 is 0. The van der Waals surface area contributed by atoms with Crippen LogP contribution in [-0.2, 0) is 4.79 Å². The minimum absolute atomic E-state index is 0.252. The Morgan fingerprint density at radius 1 is 1.00 bits per heavy atom. The molecule has 0 radical (unpaired) electrons. The molecule has 0 aliphatic rings. The molecule has 0 spiro atoms. The summed E-state index contributed by atoms with van der Waals surface area (Å²) in [5.41, 5.74) is 0.517. The van der Waals surface area contributed by atoms with Crippen molar-refractivity contribution < 1.29 is 9.53 Å².